The Balaban J connectivity index is 1.93. The molecule has 1 aromatic heterocycles. The number of rotatable bonds is 3. The van der Waals surface area contributed by atoms with Crippen LogP contribution in [0.25, 0.3) is 0 Å². The minimum absolute atomic E-state index is 0.0947. The van der Waals surface area contributed by atoms with Crippen molar-refractivity contribution in [2.45, 2.75) is 31.1 Å². The summed E-state index contributed by atoms with van der Waals surface area (Å²) in [6, 6.07) is 2.86. The second-order valence-corrected chi connectivity index (χ2v) is 8.14. The zero-order valence-corrected chi connectivity index (χ0v) is 13.7. The second kappa shape index (κ2) is 5.15. The summed E-state index contributed by atoms with van der Waals surface area (Å²) >= 11 is 7.36. The van der Waals surface area contributed by atoms with Crippen LogP contribution in [-0.2, 0) is 22.9 Å². The molecule has 8 heteroatoms. The molecular formula is C13H14ClN3O2S2. The van der Waals surface area contributed by atoms with Crippen LogP contribution in [0.5, 0.6) is 0 Å². The van der Waals surface area contributed by atoms with Gasteiger partial charge in [-0.25, -0.2) is 13.4 Å². The third kappa shape index (κ3) is 2.73. The average molecular weight is 344 g/mol. The Labute approximate surface area is 132 Å². The molecule has 21 heavy (non-hydrogen) atoms. The Morgan fingerprint density at radius 2 is 2.14 bits per heavy atom. The molecule has 2 aromatic rings. The van der Waals surface area contributed by atoms with Crippen LogP contribution >= 0.6 is 22.9 Å². The van der Waals surface area contributed by atoms with Crippen molar-refractivity contribution in [3.63, 3.8) is 0 Å². The van der Waals surface area contributed by atoms with Gasteiger partial charge in [0.2, 0.25) is 0 Å². The Kier molecular flexibility index (Phi) is 3.59. The van der Waals surface area contributed by atoms with Gasteiger partial charge in [-0.05, 0) is 43.9 Å². The first kappa shape index (κ1) is 14.6. The number of nitrogens with two attached hydrogens (primary N) is 1. The van der Waals surface area contributed by atoms with E-state index in [-0.39, 0.29) is 10.6 Å². The Morgan fingerprint density at radius 3 is 2.81 bits per heavy atom. The summed E-state index contributed by atoms with van der Waals surface area (Å²) in [5, 5.41) is 0.785. The summed E-state index contributed by atoms with van der Waals surface area (Å²) in [5.74, 6) is 0. The lowest BCUT2D eigenvalue weighted by atomic mass is 10.2. The highest BCUT2D eigenvalue weighted by Crippen LogP contribution is 2.32. The Bertz CT molecular complexity index is 770. The minimum atomic E-state index is -3.70. The maximum absolute atomic E-state index is 12.4. The van der Waals surface area contributed by atoms with Crippen LogP contribution in [0.1, 0.15) is 22.6 Å². The molecule has 0 bridgehead atoms. The molecule has 0 fully saturated rings. The molecule has 5 nitrogen and oxygen atoms in total. The normalized spacial score (nSPS) is 14.2. The van der Waals surface area contributed by atoms with Crippen LogP contribution in [-0.4, -0.2) is 13.4 Å². The number of thiazole rings is 1. The van der Waals surface area contributed by atoms with Gasteiger partial charge in [-0.1, -0.05) is 11.6 Å². The molecule has 0 saturated carbocycles. The number of benzene rings is 1. The third-order valence-electron chi connectivity index (χ3n) is 3.38. The van der Waals surface area contributed by atoms with Crippen molar-refractivity contribution in [1.29, 1.82) is 0 Å². The van der Waals surface area contributed by atoms with E-state index in [1.807, 2.05) is 0 Å². The molecular weight excluding hydrogens is 330 g/mol. The van der Waals surface area contributed by atoms with Gasteiger partial charge in [-0.15, -0.1) is 11.3 Å². The van der Waals surface area contributed by atoms with E-state index in [2.05, 4.69) is 9.71 Å². The van der Waals surface area contributed by atoms with Gasteiger partial charge < -0.3 is 5.73 Å². The number of nitrogen functional groups attached to an aromatic ring is 1. The largest absolute Gasteiger partial charge is 0.397 e. The summed E-state index contributed by atoms with van der Waals surface area (Å²) in [7, 11) is -3.70. The van der Waals surface area contributed by atoms with E-state index < -0.39 is 10.0 Å². The van der Waals surface area contributed by atoms with E-state index in [4.69, 9.17) is 17.3 Å². The third-order valence-corrected chi connectivity index (χ3v) is 6.42. The van der Waals surface area contributed by atoms with Crippen molar-refractivity contribution in [1.82, 2.24) is 4.98 Å². The van der Waals surface area contributed by atoms with Gasteiger partial charge in [0.1, 0.15) is 0 Å². The molecule has 112 valence electrons. The van der Waals surface area contributed by atoms with Gasteiger partial charge in [0.05, 0.1) is 21.3 Å². The monoisotopic (exact) mass is 343 g/mol. The number of fused-ring (bicyclic) bond motifs is 1. The molecule has 0 saturated heterocycles. The van der Waals surface area contributed by atoms with E-state index in [1.165, 1.54) is 28.3 Å². The second-order valence-electron chi connectivity index (χ2n) is 4.99. The minimum Gasteiger partial charge on any atom is -0.397 e. The highest BCUT2D eigenvalue weighted by molar-refractivity contribution is 7.93. The SMILES string of the molecule is Cc1cc(S(=O)(=O)Nc2nc3c(s2)CCC3)cc(N)c1Cl. The van der Waals surface area contributed by atoms with Gasteiger partial charge in [0.15, 0.2) is 5.13 Å². The van der Waals surface area contributed by atoms with Crippen LogP contribution in [0.15, 0.2) is 17.0 Å². The first-order valence-corrected chi connectivity index (χ1v) is 9.11. The van der Waals surface area contributed by atoms with E-state index >= 15 is 0 Å². The summed E-state index contributed by atoms with van der Waals surface area (Å²) in [6.07, 6.45) is 2.98. The van der Waals surface area contributed by atoms with Crippen molar-refractivity contribution >= 4 is 43.8 Å². The highest BCUT2D eigenvalue weighted by Gasteiger charge is 2.22. The fraction of sp³-hybridized carbons (Fsp3) is 0.308. The number of aromatic nitrogens is 1. The number of sulfonamides is 1. The summed E-state index contributed by atoms with van der Waals surface area (Å²) in [4.78, 5) is 5.60. The fourth-order valence-corrected chi connectivity index (χ4v) is 4.84. The lowest BCUT2D eigenvalue weighted by Crippen LogP contribution is -2.13. The number of anilines is 2. The standard InChI is InChI=1S/C13H14ClN3O2S2/c1-7-5-8(6-9(15)12(7)14)21(18,19)17-13-16-10-3-2-4-11(10)20-13/h5-6H,2-4,15H2,1H3,(H,16,17). The number of hydrogen-bond donors (Lipinski definition) is 2. The van der Waals surface area contributed by atoms with Gasteiger partial charge in [0.25, 0.3) is 10.0 Å². The van der Waals surface area contributed by atoms with Crippen molar-refractivity contribution in [3.8, 4) is 0 Å². The van der Waals surface area contributed by atoms with Gasteiger partial charge >= 0.3 is 0 Å². The van der Waals surface area contributed by atoms with Gasteiger partial charge in [-0.3, -0.25) is 4.72 Å². The zero-order valence-electron chi connectivity index (χ0n) is 11.3. The first-order chi connectivity index (χ1) is 9.87. The lowest BCUT2D eigenvalue weighted by molar-refractivity contribution is 0.601. The number of nitrogens with zero attached hydrogens (tertiary/aromatic N) is 1. The predicted octanol–water partition coefficient (Wildman–Crippen LogP) is 2.98. The molecule has 1 heterocycles. The van der Waals surface area contributed by atoms with Crippen molar-refractivity contribution < 1.29 is 8.42 Å². The molecule has 3 rings (SSSR count). The van der Waals surface area contributed by atoms with Crippen LogP contribution in [0.4, 0.5) is 10.8 Å². The summed E-state index contributed by atoms with van der Waals surface area (Å²) in [6.45, 7) is 1.72. The topological polar surface area (TPSA) is 85.1 Å². The van der Waals surface area contributed by atoms with Crippen LogP contribution < -0.4 is 10.5 Å². The Morgan fingerprint density at radius 1 is 1.38 bits per heavy atom. The molecule has 0 spiro atoms. The highest BCUT2D eigenvalue weighted by atomic mass is 35.5. The predicted molar refractivity (Wildman–Crippen MR) is 85.5 cm³/mol. The van der Waals surface area contributed by atoms with Crippen molar-refractivity contribution in [2.24, 2.45) is 0 Å². The smallest absolute Gasteiger partial charge is 0.263 e. The maximum atomic E-state index is 12.4. The summed E-state index contributed by atoms with van der Waals surface area (Å²) in [5.41, 5.74) is 7.61. The molecule has 0 atom stereocenters. The lowest BCUT2D eigenvalue weighted by Gasteiger charge is -2.09. The van der Waals surface area contributed by atoms with Crippen molar-refractivity contribution in [2.75, 3.05) is 10.5 Å². The zero-order chi connectivity index (χ0) is 15.2. The van der Waals surface area contributed by atoms with E-state index in [0.717, 1.165) is 25.0 Å². The van der Waals surface area contributed by atoms with Crippen LogP contribution in [0, 0.1) is 6.92 Å². The van der Waals surface area contributed by atoms with E-state index in [1.54, 1.807) is 6.92 Å². The number of nitrogens with one attached hydrogen (secondary N) is 1. The van der Waals surface area contributed by atoms with Gasteiger partial charge in [0, 0.05) is 4.88 Å². The molecule has 0 aliphatic heterocycles. The number of hydrogen-bond acceptors (Lipinski definition) is 5. The molecule has 0 radical (unpaired) electrons. The number of halogens is 1. The fourth-order valence-electron chi connectivity index (χ4n) is 2.33. The molecule has 0 unspecified atom stereocenters. The molecule has 3 N–H and O–H groups in total. The molecule has 0 amide bonds. The van der Waals surface area contributed by atoms with Crippen LogP contribution in [0.2, 0.25) is 5.02 Å². The van der Waals surface area contributed by atoms with Crippen molar-refractivity contribution in [3.05, 3.63) is 33.3 Å². The van der Waals surface area contributed by atoms with Crippen LogP contribution in [0.3, 0.4) is 0 Å². The molecule has 1 aliphatic carbocycles. The number of aryl methyl sites for hydroxylation is 3. The summed E-state index contributed by atoms with van der Waals surface area (Å²) < 4.78 is 27.3. The van der Waals surface area contributed by atoms with E-state index in [9.17, 15) is 8.42 Å². The molecule has 1 aliphatic rings. The average Bonchev–Trinajstić information content (AvgIpc) is 2.95. The first-order valence-electron chi connectivity index (χ1n) is 6.44. The Hall–Kier alpha value is -1.31. The maximum Gasteiger partial charge on any atom is 0.263 e. The van der Waals surface area contributed by atoms with Gasteiger partial charge in [-0.2, -0.15) is 0 Å². The quantitative estimate of drug-likeness (QED) is 0.839. The van der Waals surface area contributed by atoms with E-state index in [0.29, 0.717) is 15.7 Å². The molecule has 1 aromatic carbocycles.